The van der Waals surface area contributed by atoms with Crippen molar-refractivity contribution in [1.82, 2.24) is 5.32 Å². The van der Waals surface area contributed by atoms with E-state index in [0.717, 1.165) is 25.2 Å². The molecule has 1 aromatic carbocycles. The van der Waals surface area contributed by atoms with Crippen LogP contribution in [0.4, 0.5) is 16.2 Å². The predicted octanol–water partition coefficient (Wildman–Crippen LogP) is 3.52. The number of carbonyl (C=O) groups excluding carboxylic acids is 2. The highest BCUT2D eigenvalue weighted by Gasteiger charge is 2.24. The third-order valence-electron chi connectivity index (χ3n) is 4.79. The van der Waals surface area contributed by atoms with Crippen LogP contribution in [-0.4, -0.2) is 25.0 Å². The van der Waals surface area contributed by atoms with Gasteiger partial charge in [0.25, 0.3) is 0 Å². The minimum Gasteiger partial charge on any atom is -0.338 e. The molecule has 2 N–H and O–H groups in total. The molecule has 5 nitrogen and oxygen atoms in total. The number of urea groups is 1. The van der Waals surface area contributed by atoms with Crippen molar-refractivity contribution in [3.63, 3.8) is 0 Å². The molecule has 1 heterocycles. The maximum atomic E-state index is 12.2. The highest BCUT2D eigenvalue weighted by atomic mass is 16.2. The SMILES string of the molecule is O=C(NCC1CCCCC1)Nc1ccccc1N1CCCC1=O. The Morgan fingerprint density at radius 1 is 1.13 bits per heavy atom. The minimum absolute atomic E-state index is 0.127. The summed E-state index contributed by atoms with van der Waals surface area (Å²) in [6.45, 7) is 1.46. The number of carbonyl (C=O) groups is 2. The van der Waals surface area contributed by atoms with E-state index >= 15 is 0 Å². The van der Waals surface area contributed by atoms with Gasteiger partial charge in [-0.2, -0.15) is 0 Å². The summed E-state index contributed by atoms with van der Waals surface area (Å²) >= 11 is 0. The van der Waals surface area contributed by atoms with Crippen LogP contribution in [0.15, 0.2) is 24.3 Å². The molecule has 0 unspecified atom stereocenters. The summed E-state index contributed by atoms with van der Waals surface area (Å²) in [4.78, 5) is 25.9. The predicted molar refractivity (Wildman–Crippen MR) is 91.6 cm³/mol. The number of para-hydroxylation sites is 2. The topological polar surface area (TPSA) is 61.4 Å². The molecule has 2 fully saturated rings. The summed E-state index contributed by atoms with van der Waals surface area (Å²) in [6, 6.07) is 7.32. The Morgan fingerprint density at radius 2 is 1.91 bits per heavy atom. The van der Waals surface area contributed by atoms with Gasteiger partial charge >= 0.3 is 6.03 Å². The van der Waals surface area contributed by atoms with Gasteiger partial charge in [0.1, 0.15) is 0 Å². The molecular formula is C18H25N3O2. The maximum Gasteiger partial charge on any atom is 0.319 e. The Hall–Kier alpha value is -2.04. The Balaban J connectivity index is 1.58. The molecule has 1 saturated carbocycles. The second-order valence-electron chi connectivity index (χ2n) is 6.51. The Kier molecular flexibility index (Phi) is 5.16. The highest BCUT2D eigenvalue weighted by molar-refractivity contribution is 6.01. The van der Waals surface area contributed by atoms with E-state index in [-0.39, 0.29) is 11.9 Å². The summed E-state index contributed by atoms with van der Waals surface area (Å²) in [7, 11) is 0. The highest BCUT2D eigenvalue weighted by Crippen LogP contribution is 2.29. The first-order chi connectivity index (χ1) is 11.2. The molecule has 1 saturated heterocycles. The van der Waals surface area contributed by atoms with E-state index in [2.05, 4.69) is 10.6 Å². The summed E-state index contributed by atoms with van der Waals surface area (Å²) in [6.07, 6.45) is 7.74. The quantitative estimate of drug-likeness (QED) is 0.893. The Bertz CT molecular complexity index is 567. The van der Waals surface area contributed by atoms with Crippen molar-refractivity contribution >= 4 is 23.3 Å². The summed E-state index contributed by atoms with van der Waals surface area (Å²) in [5, 5.41) is 5.88. The first-order valence-corrected chi connectivity index (χ1v) is 8.68. The number of rotatable bonds is 4. The van der Waals surface area contributed by atoms with Crippen molar-refractivity contribution in [3.05, 3.63) is 24.3 Å². The zero-order valence-corrected chi connectivity index (χ0v) is 13.5. The van der Waals surface area contributed by atoms with Gasteiger partial charge in [-0.3, -0.25) is 4.79 Å². The Morgan fingerprint density at radius 3 is 2.65 bits per heavy atom. The normalized spacial score (nSPS) is 19.0. The monoisotopic (exact) mass is 315 g/mol. The third kappa shape index (κ3) is 4.03. The van der Waals surface area contributed by atoms with Gasteiger partial charge in [0, 0.05) is 19.5 Å². The van der Waals surface area contributed by atoms with Crippen LogP contribution in [0.25, 0.3) is 0 Å². The summed E-state index contributed by atoms with van der Waals surface area (Å²) in [5.74, 6) is 0.728. The summed E-state index contributed by atoms with van der Waals surface area (Å²) in [5.41, 5.74) is 1.49. The molecule has 1 aliphatic carbocycles. The van der Waals surface area contributed by atoms with Crippen LogP contribution in [0.1, 0.15) is 44.9 Å². The Labute approximate surface area is 137 Å². The van der Waals surface area contributed by atoms with Gasteiger partial charge in [0.15, 0.2) is 0 Å². The van der Waals surface area contributed by atoms with Gasteiger partial charge in [0.05, 0.1) is 11.4 Å². The number of benzene rings is 1. The second kappa shape index (κ2) is 7.49. The van der Waals surface area contributed by atoms with Gasteiger partial charge in [-0.15, -0.1) is 0 Å². The molecule has 0 aromatic heterocycles. The van der Waals surface area contributed by atoms with E-state index in [0.29, 0.717) is 18.0 Å². The van der Waals surface area contributed by atoms with E-state index in [1.54, 1.807) is 4.90 Å². The fraction of sp³-hybridized carbons (Fsp3) is 0.556. The molecule has 5 heteroatoms. The first kappa shape index (κ1) is 15.8. The first-order valence-electron chi connectivity index (χ1n) is 8.68. The van der Waals surface area contributed by atoms with Crippen molar-refractivity contribution in [1.29, 1.82) is 0 Å². The number of hydrogen-bond acceptors (Lipinski definition) is 2. The molecular weight excluding hydrogens is 290 g/mol. The number of amides is 3. The van der Waals surface area contributed by atoms with Crippen LogP contribution in [0, 0.1) is 5.92 Å². The number of anilines is 2. The van der Waals surface area contributed by atoms with Crippen molar-refractivity contribution in [3.8, 4) is 0 Å². The lowest BCUT2D eigenvalue weighted by molar-refractivity contribution is -0.117. The molecule has 2 aliphatic rings. The molecule has 3 rings (SSSR count). The maximum absolute atomic E-state index is 12.2. The molecule has 1 aliphatic heterocycles. The third-order valence-corrected chi connectivity index (χ3v) is 4.79. The van der Waals surface area contributed by atoms with Crippen molar-refractivity contribution < 1.29 is 9.59 Å². The largest absolute Gasteiger partial charge is 0.338 e. The van der Waals surface area contributed by atoms with Crippen molar-refractivity contribution in [2.75, 3.05) is 23.3 Å². The smallest absolute Gasteiger partial charge is 0.319 e. The average Bonchev–Trinajstić information content (AvgIpc) is 3.00. The molecule has 3 amide bonds. The van der Waals surface area contributed by atoms with E-state index in [1.165, 1.54) is 32.1 Å². The van der Waals surface area contributed by atoms with E-state index in [9.17, 15) is 9.59 Å². The number of hydrogen-bond donors (Lipinski definition) is 2. The second-order valence-corrected chi connectivity index (χ2v) is 6.51. The molecule has 0 bridgehead atoms. The van der Waals surface area contributed by atoms with E-state index in [4.69, 9.17) is 0 Å². The van der Waals surface area contributed by atoms with Gasteiger partial charge in [-0.25, -0.2) is 4.79 Å². The summed E-state index contributed by atoms with van der Waals surface area (Å²) < 4.78 is 0. The standard InChI is InChI=1S/C18H25N3O2/c22-17-11-6-12-21(17)16-10-5-4-9-15(16)20-18(23)19-13-14-7-2-1-3-8-14/h4-5,9-10,14H,1-3,6-8,11-13H2,(H2,19,20,23). The molecule has 0 atom stereocenters. The van der Waals surface area contributed by atoms with Gasteiger partial charge < -0.3 is 15.5 Å². The van der Waals surface area contributed by atoms with Gasteiger partial charge in [-0.1, -0.05) is 31.4 Å². The molecule has 1 aromatic rings. The number of nitrogens with zero attached hydrogens (tertiary/aromatic N) is 1. The van der Waals surface area contributed by atoms with E-state index < -0.39 is 0 Å². The fourth-order valence-corrected chi connectivity index (χ4v) is 3.51. The average molecular weight is 315 g/mol. The van der Waals surface area contributed by atoms with Crippen LogP contribution >= 0.6 is 0 Å². The lowest BCUT2D eigenvalue weighted by Gasteiger charge is -2.23. The molecule has 0 spiro atoms. The zero-order valence-electron chi connectivity index (χ0n) is 13.5. The zero-order chi connectivity index (χ0) is 16.1. The van der Waals surface area contributed by atoms with Crippen LogP contribution < -0.4 is 15.5 Å². The van der Waals surface area contributed by atoms with Crippen molar-refractivity contribution in [2.24, 2.45) is 5.92 Å². The van der Waals surface area contributed by atoms with Gasteiger partial charge in [0.2, 0.25) is 5.91 Å². The van der Waals surface area contributed by atoms with Gasteiger partial charge in [-0.05, 0) is 37.3 Å². The van der Waals surface area contributed by atoms with E-state index in [1.807, 2.05) is 24.3 Å². The van der Waals surface area contributed by atoms with Crippen LogP contribution in [0.3, 0.4) is 0 Å². The lowest BCUT2D eigenvalue weighted by atomic mass is 9.89. The van der Waals surface area contributed by atoms with Crippen LogP contribution in [-0.2, 0) is 4.79 Å². The van der Waals surface area contributed by atoms with Crippen LogP contribution in [0.2, 0.25) is 0 Å². The number of nitrogens with one attached hydrogen (secondary N) is 2. The molecule has 124 valence electrons. The van der Waals surface area contributed by atoms with Crippen molar-refractivity contribution in [2.45, 2.75) is 44.9 Å². The fourth-order valence-electron chi connectivity index (χ4n) is 3.51. The molecule has 23 heavy (non-hydrogen) atoms. The molecule has 0 radical (unpaired) electrons. The van der Waals surface area contributed by atoms with Crippen LogP contribution in [0.5, 0.6) is 0 Å². The lowest BCUT2D eigenvalue weighted by Crippen LogP contribution is -2.34. The minimum atomic E-state index is -0.185.